The Labute approximate surface area is 266 Å². The zero-order chi connectivity index (χ0) is 26.9. The molecule has 208 valence electrons. The van der Waals surface area contributed by atoms with E-state index >= 15 is 0 Å². The molecule has 0 spiro atoms. The van der Waals surface area contributed by atoms with E-state index in [4.69, 9.17) is 0 Å². The van der Waals surface area contributed by atoms with Gasteiger partial charge >= 0.3 is 243 Å². The van der Waals surface area contributed by atoms with E-state index in [1.54, 1.807) is 15.3 Å². The average Bonchev–Trinajstić information content (AvgIpc) is 3.61. The van der Waals surface area contributed by atoms with Crippen molar-refractivity contribution in [2.24, 2.45) is 0 Å². The number of anilines is 1. The van der Waals surface area contributed by atoms with Crippen LogP contribution >= 0.6 is 0 Å². The van der Waals surface area contributed by atoms with E-state index in [0.29, 0.717) is 12.1 Å². The van der Waals surface area contributed by atoms with Crippen LogP contribution in [-0.4, -0.2) is 15.3 Å². The van der Waals surface area contributed by atoms with Crippen molar-refractivity contribution in [2.75, 3.05) is 4.90 Å². The van der Waals surface area contributed by atoms with Gasteiger partial charge in [0.2, 0.25) is 0 Å². The minimum atomic E-state index is -2.61. The van der Waals surface area contributed by atoms with Gasteiger partial charge in [0.05, 0.1) is 0 Å². The average molecular weight is 658 g/mol. The molecule has 0 aliphatic heterocycles. The molecule has 2 aliphatic rings. The van der Waals surface area contributed by atoms with E-state index in [9.17, 15) is 0 Å². The summed E-state index contributed by atoms with van der Waals surface area (Å²) in [5.41, 5.74) is 10.1. The van der Waals surface area contributed by atoms with Crippen molar-refractivity contribution < 1.29 is 46.1 Å². The summed E-state index contributed by atoms with van der Waals surface area (Å²) in [5, 5.41) is 0. The third-order valence-corrected chi connectivity index (χ3v) is 15.7. The van der Waals surface area contributed by atoms with Gasteiger partial charge in [0, 0.05) is 0 Å². The Morgan fingerprint density at radius 1 is 0.707 bits per heavy atom. The molecule has 6 rings (SSSR count). The molecule has 0 aromatic heterocycles. The van der Waals surface area contributed by atoms with E-state index in [2.05, 4.69) is 148 Å². The summed E-state index contributed by atoms with van der Waals surface area (Å²) in [6.07, 6.45) is 9.18. The summed E-state index contributed by atoms with van der Waals surface area (Å²) in [5.74, 6) is 0. The van der Waals surface area contributed by atoms with Gasteiger partial charge in [0.1, 0.15) is 0 Å². The SMILES string of the molecule is CC(C)N(c1cc[c]([Zr+2]([C]2=CC=CC2)=[C](c2ccccc2)c2ccccc2)c2c1-c1ccccc1C2)C(C)C.[Cl-].[Cl-]. The number of hydrogen-bond acceptors (Lipinski definition) is 1. The van der Waals surface area contributed by atoms with Crippen molar-refractivity contribution in [3.8, 4) is 11.1 Å². The van der Waals surface area contributed by atoms with E-state index in [1.807, 2.05) is 0 Å². The largest absolute Gasteiger partial charge is 1.00 e. The third-order valence-electron chi connectivity index (χ3n) is 8.07. The van der Waals surface area contributed by atoms with Crippen LogP contribution in [0.5, 0.6) is 0 Å². The van der Waals surface area contributed by atoms with Gasteiger partial charge in [-0.3, -0.25) is 0 Å². The monoisotopic (exact) mass is 655 g/mol. The fourth-order valence-electron chi connectivity index (χ4n) is 6.60. The zero-order valence-corrected chi connectivity index (χ0v) is 28.2. The van der Waals surface area contributed by atoms with Gasteiger partial charge in [-0.1, -0.05) is 0 Å². The van der Waals surface area contributed by atoms with Gasteiger partial charge in [-0.05, 0) is 0 Å². The number of allylic oxidation sites excluding steroid dienone is 4. The first-order valence-corrected chi connectivity index (χ1v) is 18.0. The van der Waals surface area contributed by atoms with Gasteiger partial charge in [-0.15, -0.1) is 0 Å². The maximum Gasteiger partial charge on any atom is -1.00 e. The minimum Gasteiger partial charge on any atom is -1.00 e. The Hall–Kier alpha value is -2.51. The summed E-state index contributed by atoms with van der Waals surface area (Å²) in [6.45, 7) is 9.31. The number of benzene rings is 4. The molecule has 0 radical (unpaired) electrons. The summed E-state index contributed by atoms with van der Waals surface area (Å²) < 4.78 is 4.89. The molecule has 0 fully saturated rings. The number of fused-ring (bicyclic) bond motifs is 3. The second-order valence-electron chi connectivity index (χ2n) is 11.2. The van der Waals surface area contributed by atoms with E-state index in [-0.39, 0.29) is 24.8 Å². The molecular weight excluding hydrogens is 621 g/mol. The molecule has 1 nitrogen and oxygen atoms in total. The van der Waals surface area contributed by atoms with Crippen molar-refractivity contribution >= 4 is 12.2 Å². The molecular formula is C37H37Cl2NZr. The van der Waals surface area contributed by atoms with Crippen molar-refractivity contribution in [2.45, 2.75) is 52.6 Å². The molecule has 0 atom stereocenters. The quantitative estimate of drug-likeness (QED) is 0.260. The standard InChI is InChI=1S/C19H22N.C13H10.C5H5.2ClH.Zr/c1-13(2)20(14(3)4)18-11-7-9-16-12-15-8-5-6-10-17(15)19(16)18;1-3-7-12(8-4-1)11-13-9-5-2-6-10-13;1-2-4-5-3-1;;;/h5-8,10-11,13-14H,12H2,1-4H3;1-10H;1-3H,4H2;2*1H;/q;;;;;+2/p-2. The van der Waals surface area contributed by atoms with Gasteiger partial charge in [0.15, 0.2) is 0 Å². The first kappa shape index (κ1) is 31.4. The van der Waals surface area contributed by atoms with Crippen molar-refractivity contribution in [1.82, 2.24) is 0 Å². The summed E-state index contributed by atoms with van der Waals surface area (Å²) in [4.78, 5) is 2.61. The minimum absolute atomic E-state index is 0. The summed E-state index contributed by atoms with van der Waals surface area (Å²) in [7, 11) is 0. The Bertz CT molecular complexity index is 1550. The Kier molecular flexibility index (Phi) is 10.5. The smallest absolute Gasteiger partial charge is 1.00 e. The topological polar surface area (TPSA) is 3.24 Å². The molecule has 0 saturated heterocycles. The van der Waals surface area contributed by atoms with Crippen LogP contribution in [0.4, 0.5) is 5.69 Å². The molecule has 2 aliphatic carbocycles. The second-order valence-corrected chi connectivity index (χ2v) is 17.2. The molecule has 0 heterocycles. The molecule has 0 unspecified atom stereocenters. The van der Waals surface area contributed by atoms with Gasteiger partial charge in [-0.2, -0.15) is 0 Å². The molecule has 0 saturated carbocycles. The molecule has 0 bridgehead atoms. The second kappa shape index (κ2) is 13.6. The summed E-state index contributed by atoms with van der Waals surface area (Å²) in [6, 6.07) is 37.4. The fraction of sp³-hybridized carbons (Fsp3) is 0.216. The molecule has 4 heteroatoms. The Morgan fingerprint density at radius 3 is 1.85 bits per heavy atom. The van der Waals surface area contributed by atoms with E-state index in [1.165, 1.54) is 33.5 Å². The van der Waals surface area contributed by atoms with Crippen LogP contribution in [0.1, 0.15) is 56.4 Å². The van der Waals surface area contributed by atoms with Crippen LogP contribution in [0.15, 0.2) is 119 Å². The fourth-order valence-corrected chi connectivity index (χ4v) is 14.5. The van der Waals surface area contributed by atoms with Crippen LogP contribution in [0, 0.1) is 0 Å². The predicted molar refractivity (Wildman–Crippen MR) is 165 cm³/mol. The van der Waals surface area contributed by atoms with Gasteiger partial charge in [-0.25, -0.2) is 0 Å². The molecule has 0 amide bonds. The van der Waals surface area contributed by atoms with Gasteiger partial charge < -0.3 is 24.8 Å². The summed E-state index contributed by atoms with van der Waals surface area (Å²) >= 11 is -2.61. The van der Waals surface area contributed by atoms with Crippen LogP contribution in [-0.2, 0) is 27.7 Å². The van der Waals surface area contributed by atoms with Crippen molar-refractivity contribution in [3.05, 3.63) is 141 Å². The molecule has 4 aromatic rings. The zero-order valence-electron chi connectivity index (χ0n) is 24.2. The van der Waals surface area contributed by atoms with Crippen LogP contribution in [0.3, 0.4) is 0 Å². The predicted octanol–water partition coefficient (Wildman–Crippen LogP) is 2.25. The number of nitrogens with zero attached hydrogens (tertiary/aromatic N) is 1. The maximum atomic E-state index is 2.61. The molecule has 0 N–H and O–H groups in total. The van der Waals surface area contributed by atoms with Crippen LogP contribution in [0.25, 0.3) is 11.1 Å². The number of rotatable bonds is 7. The van der Waals surface area contributed by atoms with Crippen molar-refractivity contribution in [1.29, 1.82) is 0 Å². The van der Waals surface area contributed by atoms with E-state index < -0.39 is 21.3 Å². The third kappa shape index (κ3) is 6.03. The van der Waals surface area contributed by atoms with Crippen LogP contribution in [0.2, 0.25) is 0 Å². The molecule has 4 aromatic carbocycles. The van der Waals surface area contributed by atoms with Crippen molar-refractivity contribution in [3.63, 3.8) is 0 Å². The first-order valence-electron chi connectivity index (χ1n) is 14.3. The van der Waals surface area contributed by atoms with Crippen LogP contribution < -0.4 is 33.0 Å². The molecule has 41 heavy (non-hydrogen) atoms. The Morgan fingerprint density at radius 2 is 1.29 bits per heavy atom. The first-order chi connectivity index (χ1) is 19.0. The normalized spacial score (nSPS) is 12.6. The van der Waals surface area contributed by atoms with E-state index in [0.717, 1.165) is 12.8 Å². The number of halogens is 2. The maximum absolute atomic E-state index is 2.61. The number of hydrogen-bond donors (Lipinski definition) is 0. The van der Waals surface area contributed by atoms with Gasteiger partial charge in [0.25, 0.3) is 0 Å². The Balaban J connectivity index is 0.00000194.